The summed E-state index contributed by atoms with van der Waals surface area (Å²) in [7, 11) is 0. The molecule has 0 aromatic carbocycles. The fraction of sp³-hybridized carbons (Fsp3) is 0.579. The van der Waals surface area contributed by atoms with Crippen LogP contribution in [0.4, 0.5) is 0 Å². The second-order valence-corrected chi connectivity index (χ2v) is 8.18. The van der Waals surface area contributed by atoms with Crippen molar-refractivity contribution in [3.63, 3.8) is 0 Å². The number of hydrogen-bond donors (Lipinski definition) is 0. The van der Waals surface area contributed by atoms with Crippen LogP contribution in [0.2, 0.25) is 0 Å². The Balaban J connectivity index is 1.71. The number of carbonyl (C=O) groups excluding carboxylic acids is 1. The van der Waals surface area contributed by atoms with Gasteiger partial charge < -0.3 is 4.74 Å². The molecule has 1 saturated carbocycles. The Morgan fingerprint density at radius 2 is 2.12 bits per heavy atom. The topological polar surface area (TPSA) is 65.0 Å². The van der Waals surface area contributed by atoms with E-state index >= 15 is 0 Å². The minimum absolute atomic E-state index is 0.202. The lowest BCUT2D eigenvalue weighted by Gasteiger charge is -2.24. The molecule has 2 aromatic heterocycles. The zero-order chi connectivity index (χ0) is 17.9. The van der Waals surface area contributed by atoms with Gasteiger partial charge in [-0.2, -0.15) is 0 Å². The highest BCUT2D eigenvalue weighted by atomic mass is 32.1. The maximum Gasteiger partial charge on any atom is 0.311 e. The number of thiazole rings is 1. The van der Waals surface area contributed by atoms with Crippen molar-refractivity contribution in [2.24, 2.45) is 11.3 Å². The molecule has 25 heavy (non-hydrogen) atoms. The first kappa shape index (κ1) is 18.0. The van der Waals surface area contributed by atoms with Gasteiger partial charge in [-0.15, -0.1) is 11.3 Å². The molecule has 0 atom stereocenters. The number of aromatic nitrogens is 3. The van der Waals surface area contributed by atoms with E-state index < -0.39 is 5.41 Å². The van der Waals surface area contributed by atoms with Gasteiger partial charge in [0.15, 0.2) is 0 Å². The summed E-state index contributed by atoms with van der Waals surface area (Å²) < 4.78 is 5.16. The van der Waals surface area contributed by atoms with Crippen molar-refractivity contribution in [2.75, 3.05) is 6.61 Å². The largest absolute Gasteiger partial charge is 0.466 e. The van der Waals surface area contributed by atoms with Crippen LogP contribution in [-0.4, -0.2) is 27.5 Å². The molecular weight excluding hydrogens is 334 g/mol. The van der Waals surface area contributed by atoms with Crippen molar-refractivity contribution in [3.8, 4) is 10.7 Å². The number of esters is 1. The summed E-state index contributed by atoms with van der Waals surface area (Å²) in [6.07, 6.45) is 7.15. The van der Waals surface area contributed by atoms with E-state index in [0.29, 0.717) is 13.0 Å². The van der Waals surface area contributed by atoms with Crippen molar-refractivity contribution < 1.29 is 9.53 Å². The summed E-state index contributed by atoms with van der Waals surface area (Å²) in [5, 5.41) is 3.06. The maximum absolute atomic E-state index is 12.1. The lowest BCUT2D eigenvalue weighted by molar-refractivity contribution is -0.153. The van der Waals surface area contributed by atoms with Gasteiger partial charge in [0.2, 0.25) is 0 Å². The molecule has 0 amide bonds. The summed E-state index contributed by atoms with van der Waals surface area (Å²) in [6.45, 7) is 5.97. The Kier molecular flexibility index (Phi) is 5.47. The summed E-state index contributed by atoms with van der Waals surface area (Å²) in [6, 6.07) is 1.94. The normalized spacial score (nSPS) is 15.0. The number of ether oxygens (including phenoxy) is 1. The molecular formula is C19H25N3O2S. The second kappa shape index (κ2) is 7.60. The van der Waals surface area contributed by atoms with E-state index in [0.717, 1.165) is 34.4 Å². The van der Waals surface area contributed by atoms with E-state index in [1.165, 1.54) is 19.3 Å². The van der Waals surface area contributed by atoms with Gasteiger partial charge >= 0.3 is 5.97 Å². The third-order valence-electron chi connectivity index (χ3n) is 4.67. The van der Waals surface area contributed by atoms with Crippen molar-refractivity contribution in [2.45, 2.75) is 52.9 Å². The van der Waals surface area contributed by atoms with Crippen molar-refractivity contribution in [1.82, 2.24) is 15.0 Å². The molecule has 0 saturated heterocycles. The quantitative estimate of drug-likeness (QED) is 0.697. The van der Waals surface area contributed by atoms with Gasteiger partial charge in [-0.25, -0.2) is 15.0 Å². The zero-order valence-electron chi connectivity index (χ0n) is 15.1. The molecule has 1 fully saturated rings. The van der Waals surface area contributed by atoms with E-state index in [-0.39, 0.29) is 5.97 Å². The van der Waals surface area contributed by atoms with Crippen LogP contribution in [0.15, 0.2) is 17.8 Å². The van der Waals surface area contributed by atoms with Crippen molar-refractivity contribution >= 4 is 17.3 Å². The predicted octanol–water partition coefficient (Wildman–Crippen LogP) is 4.07. The smallest absolute Gasteiger partial charge is 0.311 e. The Morgan fingerprint density at radius 3 is 2.80 bits per heavy atom. The van der Waals surface area contributed by atoms with Crippen LogP contribution in [0.3, 0.4) is 0 Å². The minimum Gasteiger partial charge on any atom is -0.466 e. The Morgan fingerprint density at radius 1 is 1.32 bits per heavy atom. The summed E-state index contributed by atoms with van der Waals surface area (Å²) in [5.41, 5.74) is 2.21. The molecule has 2 heterocycles. The van der Waals surface area contributed by atoms with Gasteiger partial charge in [0.05, 0.1) is 17.7 Å². The fourth-order valence-electron chi connectivity index (χ4n) is 2.97. The first-order chi connectivity index (χ1) is 12.0. The van der Waals surface area contributed by atoms with Gasteiger partial charge in [-0.3, -0.25) is 4.79 Å². The molecule has 0 bridgehead atoms. The lowest BCUT2D eigenvalue weighted by Crippen LogP contribution is -2.29. The molecule has 1 aliphatic rings. The molecule has 3 rings (SSSR count). The van der Waals surface area contributed by atoms with E-state index in [1.54, 1.807) is 17.7 Å². The van der Waals surface area contributed by atoms with Gasteiger partial charge in [-0.1, -0.05) is 19.3 Å². The molecule has 2 aromatic rings. The second-order valence-electron chi connectivity index (χ2n) is 7.32. The van der Waals surface area contributed by atoms with Crippen LogP contribution in [0, 0.1) is 11.3 Å². The molecule has 5 nitrogen and oxygen atoms in total. The molecule has 0 aliphatic heterocycles. The van der Waals surface area contributed by atoms with E-state index in [2.05, 4.69) is 15.3 Å². The van der Waals surface area contributed by atoms with E-state index in [4.69, 9.17) is 9.72 Å². The van der Waals surface area contributed by atoms with Gasteiger partial charge in [-0.05, 0) is 39.2 Å². The van der Waals surface area contributed by atoms with Gasteiger partial charge in [0.25, 0.3) is 0 Å². The molecule has 0 radical (unpaired) electrons. The van der Waals surface area contributed by atoms with Crippen LogP contribution in [0.5, 0.6) is 0 Å². The number of hydrogen-bond acceptors (Lipinski definition) is 6. The number of rotatable bonds is 7. The van der Waals surface area contributed by atoms with Crippen molar-refractivity contribution in [1.29, 1.82) is 0 Å². The third kappa shape index (κ3) is 4.42. The van der Waals surface area contributed by atoms with Crippen LogP contribution in [-0.2, 0) is 22.4 Å². The van der Waals surface area contributed by atoms with Gasteiger partial charge in [0.1, 0.15) is 17.0 Å². The standard InChI is InChI=1S/C19H25N3O2S/c1-4-24-18(23)19(2,3)10-14-9-16(21-12-20-14)17-22-15(11-25-17)8-13-6-5-7-13/h9,11-13H,4-8,10H2,1-3H3. The summed E-state index contributed by atoms with van der Waals surface area (Å²) in [5.74, 6) is 0.605. The number of carbonyl (C=O) groups is 1. The van der Waals surface area contributed by atoms with Crippen LogP contribution < -0.4 is 0 Å². The Bertz CT molecular complexity index is 738. The molecule has 0 N–H and O–H groups in total. The van der Waals surface area contributed by atoms with Crippen LogP contribution >= 0.6 is 11.3 Å². The molecule has 134 valence electrons. The summed E-state index contributed by atoms with van der Waals surface area (Å²) in [4.78, 5) is 25.5. The SMILES string of the molecule is CCOC(=O)C(C)(C)Cc1cc(-c2nc(CC3CCC3)cs2)ncn1. The Labute approximate surface area is 152 Å². The van der Waals surface area contributed by atoms with Crippen molar-refractivity contribution in [3.05, 3.63) is 29.2 Å². The zero-order valence-corrected chi connectivity index (χ0v) is 15.9. The minimum atomic E-state index is -0.611. The highest BCUT2D eigenvalue weighted by Gasteiger charge is 2.30. The maximum atomic E-state index is 12.1. The van der Waals surface area contributed by atoms with Gasteiger partial charge in [0, 0.05) is 17.5 Å². The fourth-order valence-corrected chi connectivity index (χ4v) is 3.77. The molecule has 0 unspecified atom stereocenters. The average molecular weight is 359 g/mol. The first-order valence-electron chi connectivity index (χ1n) is 8.91. The monoisotopic (exact) mass is 359 g/mol. The van der Waals surface area contributed by atoms with Crippen LogP contribution in [0.25, 0.3) is 10.7 Å². The molecule has 0 spiro atoms. The molecule has 1 aliphatic carbocycles. The highest BCUT2D eigenvalue weighted by Crippen LogP contribution is 2.31. The van der Waals surface area contributed by atoms with E-state index in [1.807, 2.05) is 26.8 Å². The summed E-state index contributed by atoms with van der Waals surface area (Å²) >= 11 is 1.63. The lowest BCUT2D eigenvalue weighted by atomic mass is 9.82. The highest BCUT2D eigenvalue weighted by molar-refractivity contribution is 7.13. The van der Waals surface area contributed by atoms with E-state index in [9.17, 15) is 4.79 Å². The average Bonchev–Trinajstić information content (AvgIpc) is 3.00. The predicted molar refractivity (Wildman–Crippen MR) is 98.3 cm³/mol. The molecule has 6 heteroatoms. The van der Waals surface area contributed by atoms with Crippen LogP contribution in [0.1, 0.15) is 51.4 Å². The third-order valence-corrected chi connectivity index (χ3v) is 5.58. The Hall–Kier alpha value is -1.82. The number of nitrogens with zero attached hydrogens (tertiary/aromatic N) is 3. The first-order valence-corrected chi connectivity index (χ1v) is 9.79.